The van der Waals surface area contributed by atoms with Crippen molar-refractivity contribution in [3.8, 4) is 6.07 Å². The molecule has 190 valence electrons. The molecule has 1 aliphatic rings. The van der Waals surface area contributed by atoms with Crippen molar-refractivity contribution >= 4 is 42.0 Å². The van der Waals surface area contributed by atoms with Crippen LogP contribution in [0.3, 0.4) is 0 Å². The number of nitrogens with one attached hydrogen (secondary N) is 2. The van der Waals surface area contributed by atoms with Gasteiger partial charge in [0, 0.05) is 31.9 Å². The van der Waals surface area contributed by atoms with E-state index in [0.29, 0.717) is 50.2 Å². The Bertz CT molecular complexity index is 1530. The Morgan fingerprint density at radius 2 is 2.03 bits per heavy atom. The van der Waals surface area contributed by atoms with Crippen LogP contribution >= 0.6 is 11.6 Å². The largest absolute Gasteiger partial charge is 0.384 e. The van der Waals surface area contributed by atoms with Crippen LogP contribution < -0.4 is 10.6 Å². The van der Waals surface area contributed by atoms with E-state index in [-0.39, 0.29) is 0 Å². The van der Waals surface area contributed by atoms with Crippen molar-refractivity contribution in [2.75, 3.05) is 17.2 Å². The zero-order valence-electron chi connectivity index (χ0n) is 22.0. The lowest BCUT2D eigenvalue weighted by atomic mass is 10.0. The number of hydrogen-bond donors (Lipinski definition) is 2. The molecule has 0 amide bonds. The van der Waals surface area contributed by atoms with Gasteiger partial charge < -0.3 is 10.6 Å². The van der Waals surface area contributed by atoms with E-state index < -0.39 is 19.9 Å². The molecule has 2 aromatic heterocycles. The van der Waals surface area contributed by atoms with E-state index in [0.717, 1.165) is 25.4 Å². The maximum absolute atomic E-state index is 13.8. The normalized spacial score (nSPS) is 15.6. The second-order valence-corrected chi connectivity index (χ2v) is 16.6. The van der Waals surface area contributed by atoms with Gasteiger partial charge in [0.05, 0.1) is 41.4 Å². The highest BCUT2D eigenvalue weighted by Gasteiger charge is 2.27. The lowest BCUT2D eigenvalue weighted by Gasteiger charge is -2.21. The Balaban J connectivity index is 1.58. The van der Waals surface area contributed by atoms with E-state index in [2.05, 4.69) is 51.6 Å². The van der Waals surface area contributed by atoms with E-state index in [1.807, 2.05) is 6.07 Å². The number of pyridine rings is 1. The number of halogens is 2. The first-order chi connectivity index (χ1) is 18.1. The average molecular weight is 535 g/mol. The van der Waals surface area contributed by atoms with Crippen LogP contribution in [0.2, 0.25) is 30.7 Å². The van der Waals surface area contributed by atoms with Gasteiger partial charge in [-0.15, -0.1) is 5.10 Å². The molecular formula is C27H29ClFN7Si. The zero-order chi connectivity index (χ0) is 27.1. The monoisotopic (exact) mass is 534 g/mol. The van der Waals surface area contributed by atoms with E-state index >= 15 is 0 Å². The van der Waals surface area contributed by atoms with Gasteiger partial charge in [-0.2, -0.15) is 5.26 Å². The number of aromatic nitrogens is 4. The van der Waals surface area contributed by atoms with Crippen molar-refractivity contribution in [3.05, 3.63) is 76.5 Å². The number of hydrogen-bond acceptors (Lipinski definition) is 6. The van der Waals surface area contributed by atoms with Crippen LogP contribution in [-0.2, 0) is 0 Å². The van der Waals surface area contributed by atoms with Gasteiger partial charge in [-0.05, 0) is 48.7 Å². The van der Waals surface area contributed by atoms with Crippen molar-refractivity contribution in [2.24, 2.45) is 0 Å². The third-order valence-electron chi connectivity index (χ3n) is 6.31. The number of rotatable bonds is 9. The summed E-state index contributed by atoms with van der Waals surface area (Å²) >= 11 is 6.68. The summed E-state index contributed by atoms with van der Waals surface area (Å²) in [4.78, 5) is 4.43. The molecule has 10 heteroatoms. The minimum absolute atomic E-state index is 0.295. The van der Waals surface area contributed by atoms with Gasteiger partial charge in [-0.1, -0.05) is 48.6 Å². The summed E-state index contributed by atoms with van der Waals surface area (Å²) in [6.07, 6.45) is 5.35. The fourth-order valence-corrected chi connectivity index (χ4v) is 5.27. The molecule has 2 heterocycles. The van der Waals surface area contributed by atoms with Crippen LogP contribution in [0.25, 0.3) is 10.9 Å². The topological polar surface area (TPSA) is 91.5 Å². The zero-order valence-corrected chi connectivity index (χ0v) is 22.8. The van der Waals surface area contributed by atoms with E-state index in [1.165, 1.54) is 18.3 Å². The molecule has 0 saturated heterocycles. The molecule has 2 aromatic carbocycles. The molecule has 1 fully saturated rings. The van der Waals surface area contributed by atoms with E-state index in [1.54, 1.807) is 29.1 Å². The van der Waals surface area contributed by atoms with Gasteiger partial charge in [0.15, 0.2) is 0 Å². The molecule has 0 radical (unpaired) electrons. The predicted molar refractivity (Wildman–Crippen MR) is 148 cm³/mol. The Hall–Kier alpha value is -3.48. The summed E-state index contributed by atoms with van der Waals surface area (Å²) in [6, 6.07) is 11.3. The molecule has 2 N–H and O–H groups in total. The summed E-state index contributed by atoms with van der Waals surface area (Å²) in [6.45, 7) is 7.62. The number of nitriles is 1. The van der Waals surface area contributed by atoms with Gasteiger partial charge in [-0.25, -0.2) is 9.07 Å². The third kappa shape index (κ3) is 5.76. The van der Waals surface area contributed by atoms with Gasteiger partial charge in [0.1, 0.15) is 17.6 Å². The van der Waals surface area contributed by atoms with Crippen molar-refractivity contribution < 1.29 is 5.76 Å². The van der Waals surface area contributed by atoms with Crippen LogP contribution in [0.5, 0.6) is 0 Å². The van der Waals surface area contributed by atoms with Crippen LogP contribution in [0.1, 0.15) is 43.1 Å². The fourth-order valence-electron chi connectivity index (χ4n) is 4.12. The van der Waals surface area contributed by atoms with Crippen molar-refractivity contribution in [1.29, 1.82) is 5.26 Å². The molecule has 0 unspecified atom stereocenters. The van der Waals surface area contributed by atoms with Crippen LogP contribution in [-0.4, -0.2) is 34.6 Å². The summed E-state index contributed by atoms with van der Waals surface area (Å²) in [5.41, 5.74) is 3.05. The summed E-state index contributed by atoms with van der Waals surface area (Å²) in [5.74, 6) is -0.393. The number of benzene rings is 2. The Morgan fingerprint density at radius 1 is 1.27 bits per heavy atom. The molecule has 0 aliphatic heterocycles. The van der Waals surface area contributed by atoms with Crippen molar-refractivity contribution in [2.45, 2.75) is 50.6 Å². The van der Waals surface area contributed by atoms with Crippen LogP contribution in [0.4, 0.5) is 15.8 Å². The Labute approximate surface area is 223 Å². The summed E-state index contributed by atoms with van der Waals surface area (Å²) in [5, 5.41) is 26.1. The number of fused-ring (bicyclic) bond motifs is 1. The highest BCUT2D eigenvalue weighted by atomic mass is 35.5. The molecule has 0 spiro atoms. The van der Waals surface area contributed by atoms with E-state index in [4.69, 9.17) is 11.6 Å². The summed E-state index contributed by atoms with van der Waals surface area (Å²) < 4.78 is 25.1. The number of nitrogens with zero attached hydrogens (tertiary/aromatic N) is 5. The van der Waals surface area contributed by atoms with Gasteiger partial charge in [0.25, 0.3) is 0 Å². The highest BCUT2D eigenvalue weighted by molar-refractivity contribution is 6.76. The molecule has 5 rings (SSSR count). The molecule has 1 atom stereocenters. The molecular weight excluding hydrogens is 505 g/mol. The molecule has 7 nitrogen and oxygen atoms in total. The number of anilines is 2. The van der Waals surface area contributed by atoms with Gasteiger partial charge in [-0.3, -0.25) is 4.98 Å². The van der Waals surface area contributed by atoms with Crippen molar-refractivity contribution in [1.82, 2.24) is 20.0 Å². The lowest BCUT2D eigenvalue weighted by Crippen LogP contribution is -2.23. The first-order valence-corrected chi connectivity index (χ1v) is 16.4. The smallest absolute Gasteiger partial charge is 0.123 e. The van der Waals surface area contributed by atoms with E-state index in [9.17, 15) is 11.0 Å². The molecule has 1 saturated carbocycles. The Kier molecular flexibility index (Phi) is 6.53. The maximum atomic E-state index is 13.8. The SMILES string of the molecule is [2H][C@](Nc1cc(Cl)c2ncc(C#N)c(NCC[Si](C)(C)C)c2c1)(c1ccc(F)cc1)c1cn(C2CC2)nn1. The molecule has 1 aliphatic carbocycles. The lowest BCUT2D eigenvalue weighted by molar-refractivity contribution is 0.610. The van der Waals surface area contributed by atoms with Gasteiger partial charge >= 0.3 is 0 Å². The standard InChI is InChI=1S/C27H29ClFN7Si/c1-37(2,3)11-10-31-25-18(14-30)15-32-27-22(25)12-20(13-23(27)28)33-26(17-4-6-19(29)7-5-17)24-16-36(35-34-24)21-8-9-21/h4-7,12-13,15-16,21,26,33H,8-11H2,1-3H3,(H,31,32)/t26-/m0/s1/i26D. The fraction of sp³-hybridized carbons (Fsp3) is 0.333. The first-order valence-electron chi connectivity index (χ1n) is 12.8. The van der Waals surface area contributed by atoms with Crippen LogP contribution in [0, 0.1) is 17.1 Å². The second-order valence-electron chi connectivity index (χ2n) is 10.6. The molecule has 37 heavy (non-hydrogen) atoms. The average Bonchev–Trinajstić information content (AvgIpc) is 3.59. The quantitative estimate of drug-likeness (QED) is 0.230. The molecule has 4 aromatic rings. The van der Waals surface area contributed by atoms with Crippen molar-refractivity contribution in [3.63, 3.8) is 0 Å². The minimum Gasteiger partial charge on any atom is -0.384 e. The summed E-state index contributed by atoms with van der Waals surface area (Å²) in [7, 11) is -1.31. The first kappa shape index (κ1) is 23.9. The van der Waals surface area contributed by atoms with Crippen LogP contribution in [0.15, 0.2) is 48.8 Å². The predicted octanol–water partition coefficient (Wildman–Crippen LogP) is 6.78. The Morgan fingerprint density at radius 3 is 2.70 bits per heavy atom. The highest BCUT2D eigenvalue weighted by Crippen LogP contribution is 2.37. The molecule has 0 bridgehead atoms. The van der Waals surface area contributed by atoms with Gasteiger partial charge in [0.2, 0.25) is 0 Å². The maximum Gasteiger partial charge on any atom is 0.123 e. The third-order valence-corrected chi connectivity index (χ3v) is 8.35. The second kappa shape index (κ2) is 10.1. The minimum atomic E-state index is -1.58.